The first-order valence-corrected chi connectivity index (χ1v) is 24.3. The van der Waals surface area contributed by atoms with Crippen molar-refractivity contribution in [3.8, 4) is 0 Å². The lowest BCUT2D eigenvalue weighted by atomic mass is 10.1. The number of rotatable bonds is 38. The topological polar surface area (TPSA) is 108 Å². The summed E-state index contributed by atoms with van der Waals surface area (Å²) in [4.78, 5) is 35.1. The number of nitrogens with zero attached hydrogens (tertiary/aromatic N) is 1. The van der Waals surface area contributed by atoms with Gasteiger partial charge in [-0.15, -0.1) is 0 Å². The average Bonchev–Trinajstić information content (AvgIpc) is 3.23. The van der Waals surface area contributed by atoms with E-state index in [-0.39, 0.29) is 6.61 Å². The van der Waals surface area contributed by atoms with Crippen LogP contribution in [0.2, 0.25) is 0 Å². The molecule has 62 heavy (non-hydrogen) atoms. The van der Waals surface area contributed by atoms with E-state index in [9.17, 15) is 19.0 Å². The van der Waals surface area contributed by atoms with Crippen molar-refractivity contribution in [2.24, 2.45) is 0 Å². The van der Waals surface area contributed by atoms with E-state index in [4.69, 9.17) is 18.5 Å². The molecular weight excluding hydrogens is 798 g/mol. The molecule has 0 bridgehead atoms. The second kappa shape index (κ2) is 42.2. The normalized spacial score (nSPS) is 14.9. The Balaban J connectivity index is 4.85. The summed E-state index contributed by atoms with van der Waals surface area (Å²) in [5.41, 5.74) is 0. The second-order valence-corrected chi connectivity index (χ2v) is 17.2. The van der Waals surface area contributed by atoms with Gasteiger partial charge in [0.1, 0.15) is 19.8 Å². The number of phosphoric acid groups is 1. The fourth-order valence-corrected chi connectivity index (χ4v) is 6.01. The Morgan fingerprint density at radius 3 is 1.29 bits per heavy atom. The third kappa shape index (κ3) is 45.4. The number of unbranched alkanes of at least 4 members (excludes halogenated alkanes) is 14. The zero-order valence-corrected chi connectivity index (χ0v) is 39.7. The molecule has 0 amide bonds. The van der Waals surface area contributed by atoms with E-state index >= 15 is 0 Å². The summed E-state index contributed by atoms with van der Waals surface area (Å²) in [5, 5.41) is 0. The predicted molar refractivity (Wildman–Crippen MR) is 260 cm³/mol. The van der Waals surface area contributed by atoms with Crippen LogP contribution in [-0.4, -0.2) is 74.9 Å². The predicted octanol–water partition coefficient (Wildman–Crippen LogP) is 13.2. The molecule has 0 aliphatic heterocycles. The Kier molecular flexibility index (Phi) is 39.4. The number of hydrogen-bond acceptors (Lipinski definition) is 7. The van der Waals surface area contributed by atoms with Crippen LogP contribution in [-0.2, 0) is 32.7 Å². The zero-order valence-electron chi connectivity index (χ0n) is 38.8. The molecule has 346 valence electrons. The van der Waals surface area contributed by atoms with Gasteiger partial charge in [-0.05, 0) is 25.7 Å². The molecule has 9 nitrogen and oxygen atoms in total. The summed E-state index contributed by atoms with van der Waals surface area (Å²) in [7, 11) is 1.28. The van der Waals surface area contributed by atoms with Gasteiger partial charge in [0, 0.05) is 12.2 Å². The molecule has 0 saturated carbocycles. The number of esters is 2. The van der Waals surface area contributed by atoms with Crippen LogP contribution >= 0.6 is 7.82 Å². The lowest BCUT2D eigenvalue weighted by Gasteiger charge is -2.24. The second-order valence-electron chi connectivity index (χ2n) is 15.8. The van der Waals surface area contributed by atoms with Crippen LogP contribution in [0.5, 0.6) is 0 Å². The highest BCUT2D eigenvalue weighted by Crippen LogP contribution is 2.43. The van der Waals surface area contributed by atoms with Crippen LogP contribution < -0.4 is 0 Å². The maximum Gasteiger partial charge on any atom is 0.472 e. The summed E-state index contributed by atoms with van der Waals surface area (Å²) >= 11 is 0. The SMILES string of the molecule is CCCCCCCCC/C=C/C=C/C=C/C=C/C=C/C=C/C(=O)OC[C@H](COP(=O)(O)OCC[N+](C)(C)C)OC(=O)/C=C/C=C/C=C/C=C/C=C/C=C/CCCCCCCCC. The summed E-state index contributed by atoms with van der Waals surface area (Å²) < 4.78 is 33.8. The monoisotopic (exact) mass is 879 g/mol. The Morgan fingerprint density at radius 1 is 0.500 bits per heavy atom. The van der Waals surface area contributed by atoms with Crippen molar-refractivity contribution in [1.29, 1.82) is 0 Å². The summed E-state index contributed by atoms with van der Waals surface area (Å²) in [5.74, 6) is -1.45. The maximum atomic E-state index is 12.6. The van der Waals surface area contributed by atoms with Crippen LogP contribution in [0.1, 0.15) is 117 Å². The number of likely N-dealkylation sites (N-methyl/N-ethyl adjacent to an activating group) is 1. The largest absolute Gasteiger partial charge is 0.472 e. The van der Waals surface area contributed by atoms with Gasteiger partial charge < -0.3 is 18.9 Å². The summed E-state index contributed by atoms with van der Waals surface area (Å²) in [6.07, 6.45) is 63.3. The van der Waals surface area contributed by atoms with Crippen molar-refractivity contribution in [1.82, 2.24) is 0 Å². The molecule has 1 N–H and O–H groups in total. The number of allylic oxidation sites excluding steroid dienone is 22. The van der Waals surface area contributed by atoms with Gasteiger partial charge in [0.05, 0.1) is 27.7 Å². The zero-order chi connectivity index (χ0) is 45.7. The molecular formula is C52H81NO8P+. The third-order valence-electron chi connectivity index (χ3n) is 8.82. The average molecular weight is 879 g/mol. The first-order valence-electron chi connectivity index (χ1n) is 22.8. The molecule has 0 rings (SSSR count). The fourth-order valence-electron chi connectivity index (χ4n) is 5.27. The molecule has 0 aliphatic carbocycles. The molecule has 0 aromatic carbocycles. The van der Waals surface area contributed by atoms with E-state index in [1.165, 1.54) is 114 Å². The number of phosphoric ester groups is 1. The van der Waals surface area contributed by atoms with Gasteiger partial charge in [0.25, 0.3) is 0 Å². The van der Waals surface area contributed by atoms with Gasteiger partial charge in [-0.3, -0.25) is 9.05 Å². The van der Waals surface area contributed by atoms with Gasteiger partial charge in [-0.1, -0.05) is 225 Å². The Labute approximate surface area is 376 Å². The molecule has 0 saturated heterocycles. The third-order valence-corrected chi connectivity index (χ3v) is 9.80. The molecule has 2 atom stereocenters. The minimum Gasteiger partial charge on any atom is -0.458 e. The minimum absolute atomic E-state index is 0.0264. The van der Waals surface area contributed by atoms with Crippen molar-refractivity contribution in [3.05, 3.63) is 146 Å². The maximum absolute atomic E-state index is 12.6. The van der Waals surface area contributed by atoms with Crippen molar-refractivity contribution in [2.75, 3.05) is 47.5 Å². The Bertz CT molecular complexity index is 1550. The summed E-state index contributed by atoms with van der Waals surface area (Å²) in [6, 6.07) is 0. The van der Waals surface area contributed by atoms with Gasteiger partial charge in [-0.2, -0.15) is 0 Å². The highest BCUT2D eigenvalue weighted by molar-refractivity contribution is 7.47. The lowest BCUT2D eigenvalue weighted by molar-refractivity contribution is -0.870. The van der Waals surface area contributed by atoms with Crippen molar-refractivity contribution < 1.29 is 42.1 Å². The number of quaternary nitrogens is 1. The van der Waals surface area contributed by atoms with E-state index in [1.54, 1.807) is 24.3 Å². The highest BCUT2D eigenvalue weighted by atomic mass is 31.2. The van der Waals surface area contributed by atoms with E-state index < -0.39 is 39.1 Å². The smallest absolute Gasteiger partial charge is 0.458 e. The number of carbonyl (C=O) groups excluding carboxylic acids is 2. The van der Waals surface area contributed by atoms with Gasteiger partial charge in [-0.25, -0.2) is 14.2 Å². The highest BCUT2D eigenvalue weighted by Gasteiger charge is 2.26. The van der Waals surface area contributed by atoms with Crippen LogP contribution in [0.4, 0.5) is 0 Å². The molecule has 1 unspecified atom stereocenters. The number of hydrogen-bond donors (Lipinski definition) is 1. The minimum atomic E-state index is -4.46. The fraction of sp³-hybridized carbons (Fsp3) is 0.500. The summed E-state index contributed by atoms with van der Waals surface area (Å²) in [6.45, 7) is 3.98. The molecule has 0 aromatic rings. The van der Waals surface area contributed by atoms with Crippen LogP contribution in [0, 0.1) is 0 Å². The van der Waals surface area contributed by atoms with Crippen LogP contribution in [0.25, 0.3) is 0 Å². The van der Waals surface area contributed by atoms with Gasteiger partial charge in [0.15, 0.2) is 6.10 Å². The van der Waals surface area contributed by atoms with E-state index in [2.05, 4.69) is 38.2 Å². The molecule has 0 radical (unpaired) electrons. The van der Waals surface area contributed by atoms with Crippen molar-refractivity contribution in [2.45, 2.75) is 123 Å². The van der Waals surface area contributed by atoms with E-state index in [1.807, 2.05) is 94.1 Å². The number of carbonyl (C=O) groups is 2. The van der Waals surface area contributed by atoms with Gasteiger partial charge >= 0.3 is 19.8 Å². The molecule has 0 spiro atoms. The molecule has 0 heterocycles. The van der Waals surface area contributed by atoms with E-state index in [0.29, 0.717) is 11.0 Å². The van der Waals surface area contributed by atoms with Crippen molar-refractivity contribution >= 4 is 19.8 Å². The van der Waals surface area contributed by atoms with Gasteiger partial charge in [0.2, 0.25) is 0 Å². The molecule has 0 fully saturated rings. The van der Waals surface area contributed by atoms with Crippen molar-refractivity contribution in [3.63, 3.8) is 0 Å². The number of ether oxygens (including phenoxy) is 2. The first-order chi connectivity index (χ1) is 30.0. The quantitative estimate of drug-likeness (QED) is 0.0163. The Hall–Kier alpha value is -4.11. The Morgan fingerprint density at radius 2 is 0.871 bits per heavy atom. The molecule has 10 heteroatoms. The standard InChI is InChI=1S/C52H80NO8P/c1-6-8-10-12-14-16-18-20-22-24-26-28-30-32-34-36-38-40-42-44-51(54)58-48-50(49-60-62(56,57)59-47-46-53(3,4)5)61-52(55)45-43-41-39-37-35-33-31-29-27-25-23-21-19-17-15-13-11-9-7-2/h22-45,50H,6-21,46-49H2,1-5H3/p+1/b24-22+,25-23+,28-26+,29-27+,32-30+,33-31+,36-34+,37-35+,40-38+,41-39+,44-42+,45-43+/t50-/m1/s1. The first kappa shape index (κ1) is 57.9. The van der Waals surface area contributed by atoms with Crippen LogP contribution in [0.15, 0.2) is 146 Å². The molecule has 0 aliphatic rings. The molecule has 0 aromatic heterocycles. The van der Waals surface area contributed by atoms with Crippen LogP contribution in [0.3, 0.4) is 0 Å². The lowest BCUT2D eigenvalue weighted by Crippen LogP contribution is -2.37. The van der Waals surface area contributed by atoms with E-state index in [0.717, 1.165) is 12.8 Å².